The van der Waals surface area contributed by atoms with Crippen molar-refractivity contribution < 1.29 is 19.1 Å². The maximum absolute atomic E-state index is 12.7. The number of carbonyl (C=O) groups excluding carboxylic acids is 2. The van der Waals surface area contributed by atoms with Crippen LogP contribution < -0.4 is 0 Å². The van der Waals surface area contributed by atoms with Gasteiger partial charge in [-0.2, -0.15) is 0 Å². The van der Waals surface area contributed by atoms with Crippen molar-refractivity contribution in [3.05, 3.63) is 0 Å². The number of nitrogens with zero attached hydrogens (tertiary/aromatic N) is 3. The molecule has 2 saturated heterocycles. The smallest absolute Gasteiger partial charge is 0.329 e. The molecule has 0 N–H and O–H groups in total. The predicted molar refractivity (Wildman–Crippen MR) is 99.3 cm³/mol. The fourth-order valence-corrected chi connectivity index (χ4v) is 3.76. The number of hydrogen-bond acceptors (Lipinski definition) is 5. The van der Waals surface area contributed by atoms with E-state index in [1.807, 2.05) is 13.8 Å². The lowest BCUT2D eigenvalue weighted by Crippen LogP contribution is -2.48. The van der Waals surface area contributed by atoms with Crippen molar-refractivity contribution in [1.82, 2.24) is 14.7 Å². The Kier molecular flexibility index (Phi) is 6.64. The van der Waals surface area contributed by atoms with Gasteiger partial charge in [0.05, 0.1) is 13.2 Å². The highest BCUT2D eigenvalue weighted by atomic mass is 28.3. The van der Waals surface area contributed by atoms with Gasteiger partial charge in [0, 0.05) is 40.9 Å². The molecule has 0 aromatic rings. The minimum Gasteiger partial charge on any atom is -0.379 e. The number of morpholine rings is 1. The molecule has 0 bridgehead atoms. The van der Waals surface area contributed by atoms with Gasteiger partial charge in [0.2, 0.25) is 0 Å². The second-order valence-electron chi connectivity index (χ2n) is 8.53. The zero-order chi connectivity index (χ0) is 18.7. The monoisotopic (exact) mass is 371 g/mol. The predicted octanol–water partition coefficient (Wildman–Crippen LogP) is 1.67. The van der Waals surface area contributed by atoms with E-state index in [9.17, 15) is 9.59 Å². The molecular formula is C17H33N3O4Si. The summed E-state index contributed by atoms with van der Waals surface area (Å²) in [5, 5.41) is 0. The molecular weight excluding hydrogens is 338 g/mol. The zero-order valence-electron chi connectivity index (χ0n) is 16.3. The Morgan fingerprint density at radius 3 is 2.36 bits per heavy atom. The summed E-state index contributed by atoms with van der Waals surface area (Å²) in [5.41, 5.74) is -0.814. The third-order valence-corrected chi connectivity index (χ3v) is 6.57. The van der Waals surface area contributed by atoms with E-state index in [1.54, 1.807) is 4.90 Å². The highest BCUT2D eigenvalue weighted by Gasteiger charge is 2.51. The number of hydrogen-bond donors (Lipinski definition) is 0. The van der Waals surface area contributed by atoms with Crippen LogP contribution in [0.1, 0.15) is 13.8 Å². The largest absolute Gasteiger partial charge is 0.379 e. The van der Waals surface area contributed by atoms with Crippen LogP contribution in [0.4, 0.5) is 4.79 Å². The Labute approximate surface area is 152 Å². The van der Waals surface area contributed by atoms with Crippen LogP contribution in [0.2, 0.25) is 25.7 Å². The van der Waals surface area contributed by atoms with Crippen molar-refractivity contribution in [2.75, 3.05) is 52.7 Å². The van der Waals surface area contributed by atoms with Crippen LogP contribution >= 0.6 is 0 Å². The van der Waals surface area contributed by atoms with Crippen molar-refractivity contribution in [2.45, 2.75) is 45.1 Å². The van der Waals surface area contributed by atoms with E-state index in [2.05, 4.69) is 24.5 Å². The first-order chi connectivity index (χ1) is 11.6. The van der Waals surface area contributed by atoms with E-state index >= 15 is 0 Å². The highest BCUT2D eigenvalue weighted by molar-refractivity contribution is 6.76. The van der Waals surface area contributed by atoms with Crippen LogP contribution in [-0.2, 0) is 14.3 Å². The number of rotatable bonds is 8. The van der Waals surface area contributed by atoms with Gasteiger partial charge in [-0.1, -0.05) is 19.6 Å². The Balaban J connectivity index is 1.88. The van der Waals surface area contributed by atoms with Crippen molar-refractivity contribution in [3.8, 4) is 0 Å². The molecule has 7 nitrogen and oxygen atoms in total. The molecule has 0 aliphatic carbocycles. The zero-order valence-corrected chi connectivity index (χ0v) is 17.3. The normalized spacial score (nSPS) is 22.1. The highest BCUT2D eigenvalue weighted by Crippen LogP contribution is 2.27. The molecule has 0 aromatic carbocycles. The first-order valence-electron chi connectivity index (χ1n) is 9.14. The molecule has 2 rings (SSSR count). The molecule has 0 saturated carbocycles. The van der Waals surface area contributed by atoms with Crippen LogP contribution in [0, 0.1) is 0 Å². The first kappa shape index (κ1) is 20.4. The van der Waals surface area contributed by atoms with E-state index < -0.39 is 13.6 Å². The molecule has 0 atom stereocenters. The van der Waals surface area contributed by atoms with Crippen LogP contribution in [0.5, 0.6) is 0 Å². The summed E-state index contributed by atoms with van der Waals surface area (Å²) in [6, 6.07) is 0.782. The lowest BCUT2D eigenvalue weighted by Gasteiger charge is -2.32. The Morgan fingerprint density at radius 2 is 1.76 bits per heavy atom. The Morgan fingerprint density at radius 1 is 1.12 bits per heavy atom. The molecule has 2 fully saturated rings. The molecule has 3 amide bonds. The average molecular weight is 372 g/mol. The van der Waals surface area contributed by atoms with Gasteiger partial charge in [-0.05, 0) is 19.9 Å². The Hall–Kier alpha value is -0.963. The summed E-state index contributed by atoms with van der Waals surface area (Å²) >= 11 is 0. The third kappa shape index (κ3) is 5.26. The first-order valence-corrected chi connectivity index (χ1v) is 12.8. The number of imide groups is 1. The van der Waals surface area contributed by atoms with Gasteiger partial charge in [0.1, 0.15) is 12.3 Å². The van der Waals surface area contributed by atoms with Crippen molar-refractivity contribution in [3.63, 3.8) is 0 Å². The molecule has 0 radical (unpaired) electrons. The van der Waals surface area contributed by atoms with Crippen LogP contribution in [-0.4, -0.2) is 93.0 Å². The van der Waals surface area contributed by atoms with Crippen LogP contribution in [0.3, 0.4) is 0 Å². The quantitative estimate of drug-likeness (QED) is 0.369. The minimum atomic E-state index is -1.18. The Bertz CT molecular complexity index is 487. The van der Waals surface area contributed by atoms with Gasteiger partial charge in [-0.3, -0.25) is 9.69 Å². The summed E-state index contributed by atoms with van der Waals surface area (Å²) < 4.78 is 11.0. The minimum absolute atomic E-state index is 0.0552. The molecule has 2 aliphatic rings. The second-order valence-corrected chi connectivity index (χ2v) is 14.1. The van der Waals surface area contributed by atoms with Crippen LogP contribution in [0.15, 0.2) is 0 Å². The topological polar surface area (TPSA) is 62.3 Å². The fourth-order valence-electron chi connectivity index (χ4n) is 3.01. The average Bonchev–Trinajstić information content (AvgIpc) is 2.69. The van der Waals surface area contributed by atoms with Gasteiger partial charge < -0.3 is 14.4 Å². The molecule has 2 heterocycles. The maximum Gasteiger partial charge on any atom is 0.329 e. The van der Waals surface area contributed by atoms with E-state index in [1.165, 1.54) is 4.90 Å². The summed E-state index contributed by atoms with van der Waals surface area (Å²) in [6.45, 7) is 15.6. The number of urea groups is 1. The van der Waals surface area contributed by atoms with Crippen molar-refractivity contribution in [1.29, 1.82) is 0 Å². The molecule has 0 aromatic heterocycles. The summed E-state index contributed by atoms with van der Waals surface area (Å²) in [6.07, 6.45) is 0. The van der Waals surface area contributed by atoms with E-state index in [-0.39, 0.29) is 18.7 Å². The van der Waals surface area contributed by atoms with Gasteiger partial charge in [-0.15, -0.1) is 0 Å². The molecule has 8 heteroatoms. The van der Waals surface area contributed by atoms with Gasteiger partial charge in [0.15, 0.2) is 0 Å². The van der Waals surface area contributed by atoms with Crippen LogP contribution in [0.25, 0.3) is 0 Å². The van der Waals surface area contributed by atoms with Gasteiger partial charge >= 0.3 is 6.03 Å². The summed E-state index contributed by atoms with van der Waals surface area (Å²) in [4.78, 5) is 30.6. The number of ether oxygens (including phenoxy) is 2. The molecule has 0 spiro atoms. The number of amides is 3. The van der Waals surface area contributed by atoms with Gasteiger partial charge in [0.25, 0.3) is 5.91 Å². The fraction of sp³-hybridized carbons (Fsp3) is 0.882. The molecule has 144 valence electrons. The summed E-state index contributed by atoms with van der Waals surface area (Å²) in [5.74, 6) is -0.174. The maximum atomic E-state index is 12.7. The number of carbonyl (C=O) groups is 2. The molecule has 25 heavy (non-hydrogen) atoms. The lowest BCUT2D eigenvalue weighted by atomic mass is 10.0. The van der Waals surface area contributed by atoms with E-state index in [4.69, 9.17) is 9.47 Å². The second kappa shape index (κ2) is 8.16. The molecule has 0 unspecified atom stereocenters. The van der Waals surface area contributed by atoms with E-state index in [0.717, 1.165) is 38.9 Å². The molecule has 2 aliphatic heterocycles. The standard InChI is InChI=1S/C17H33N3O4Si/c1-17(2)15(21)19(14-24-12-13-25(3,4)5)16(22)20(17)7-6-18-8-10-23-11-9-18/h6-14H2,1-5H3. The van der Waals surface area contributed by atoms with E-state index in [0.29, 0.717) is 13.2 Å². The lowest BCUT2D eigenvalue weighted by molar-refractivity contribution is -0.135. The van der Waals surface area contributed by atoms with Crippen molar-refractivity contribution in [2.24, 2.45) is 0 Å². The summed E-state index contributed by atoms with van der Waals surface area (Å²) in [7, 11) is -1.18. The third-order valence-electron chi connectivity index (χ3n) is 4.87. The SMILES string of the molecule is CC1(C)C(=O)N(COCC[Si](C)(C)C)C(=O)N1CCN1CCOCC1. The van der Waals surface area contributed by atoms with Gasteiger partial charge in [-0.25, -0.2) is 9.69 Å². The van der Waals surface area contributed by atoms with Crippen molar-refractivity contribution >= 4 is 20.0 Å².